The van der Waals surface area contributed by atoms with E-state index in [0.717, 1.165) is 24.7 Å². The Morgan fingerprint density at radius 1 is 1.41 bits per heavy atom. The number of benzene rings is 1. The van der Waals surface area contributed by atoms with Crippen molar-refractivity contribution in [2.24, 2.45) is 0 Å². The summed E-state index contributed by atoms with van der Waals surface area (Å²) in [7, 11) is 2.14. The summed E-state index contributed by atoms with van der Waals surface area (Å²) in [6, 6.07) is 6.56. The van der Waals surface area contributed by atoms with Crippen molar-refractivity contribution in [3.8, 4) is 0 Å². The molecule has 1 unspecified atom stereocenters. The molecule has 0 amide bonds. The van der Waals surface area contributed by atoms with Gasteiger partial charge in [0.05, 0.1) is 0 Å². The highest BCUT2D eigenvalue weighted by Gasteiger charge is 2.06. The van der Waals surface area contributed by atoms with Gasteiger partial charge < -0.3 is 10.2 Å². The average molecular weight is 255 g/mol. The monoisotopic (exact) mass is 254 g/mol. The molecule has 1 atom stereocenters. The quantitative estimate of drug-likeness (QED) is 0.839. The van der Waals surface area contributed by atoms with Crippen molar-refractivity contribution in [2.75, 3.05) is 20.1 Å². The molecule has 0 heterocycles. The second-order valence-electron chi connectivity index (χ2n) is 4.66. The number of likely N-dealkylation sites (N-methyl/N-ethyl adjacent to an activating group) is 1. The van der Waals surface area contributed by atoms with E-state index in [0.29, 0.717) is 6.04 Å². The maximum atomic E-state index is 6.10. The summed E-state index contributed by atoms with van der Waals surface area (Å²) in [5.41, 5.74) is 2.46. The maximum Gasteiger partial charge on any atom is 0.0438 e. The van der Waals surface area contributed by atoms with Crippen molar-refractivity contribution in [3.05, 3.63) is 34.3 Å². The Labute approximate surface area is 110 Å². The van der Waals surface area contributed by atoms with Gasteiger partial charge in [-0.3, -0.25) is 0 Å². The molecular weight excluding hydrogens is 232 g/mol. The lowest BCUT2D eigenvalue weighted by Crippen LogP contribution is -2.37. The number of hydrogen-bond acceptors (Lipinski definition) is 2. The maximum absolute atomic E-state index is 6.10. The Balaban J connectivity index is 2.47. The van der Waals surface area contributed by atoms with Crippen LogP contribution in [0, 0.1) is 6.92 Å². The molecule has 1 rings (SSSR count). The molecule has 0 saturated carbocycles. The van der Waals surface area contributed by atoms with Crippen molar-refractivity contribution in [1.29, 1.82) is 0 Å². The summed E-state index contributed by atoms with van der Waals surface area (Å²) in [5.74, 6) is 0. The number of hydrogen-bond donors (Lipinski definition) is 1. The summed E-state index contributed by atoms with van der Waals surface area (Å²) < 4.78 is 0. The van der Waals surface area contributed by atoms with E-state index >= 15 is 0 Å². The SMILES string of the molecule is CCN(C)CC(C)NCc1cccc(Cl)c1C. The molecule has 0 saturated heterocycles. The molecule has 0 aliphatic heterocycles. The summed E-state index contributed by atoms with van der Waals surface area (Å²) in [6.07, 6.45) is 0. The average Bonchev–Trinajstić information content (AvgIpc) is 2.31. The molecule has 3 heteroatoms. The van der Waals surface area contributed by atoms with Gasteiger partial charge in [-0.05, 0) is 44.6 Å². The first kappa shape index (κ1) is 14.5. The summed E-state index contributed by atoms with van der Waals surface area (Å²) in [4.78, 5) is 2.31. The molecule has 0 aromatic heterocycles. The highest BCUT2D eigenvalue weighted by Crippen LogP contribution is 2.18. The van der Waals surface area contributed by atoms with Gasteiger partial charge in [0.15, 0.2) is 0 Å². The van der Waals surface area contributed by atoms with Gasteiger partial charge in [0.25, 0.3) is 0 Å². The van der Waals surface area contributed by atoms with Gasteiger partial charge >= 0.3 is 0 Å². The first-order valence-electron chi connectivity index (χ1n) is 6.20. The fourth-order valence-electron chi connectivity index (χ4n) is 1.79. The van der Waals surface area contributed by atoms with Gasteiger partial charge in [-0.2, -0.15) is 0 Å². The second-order valence-corrected chi connectivity index (χ2v) is 5.07. The van der Waals surface area contributed by atoms with E-state index in [1.807, 2.05) is 12.1 Å². The Kier molecular flexibility index (Phi) is 5.96. The number of rotatable bonds is 6. The van der Waals surface area contributed by atoms with E-state index in [9.17, 15) is 0 Å². The van der Waals surface area contributed by atoms with Gasteiger partial charge in [-0.25, -0.2) is 0 Å². The van der Waals surface area contributed by atoms with Crippen LogP contribution in [0.5, 0.6) is 0 Å². The molecule has 17 heavy (non-hydrogen) atoms. The van der Waals surface area contributed by atoms with Crippen LogP contribution in [0.4, 0.5) is 0 Å². The Hall–Kier alpha value is -0.570. The predicted octanol–water partition coefficient (Wildman–Crippen LogP) is 3.08. The number of nitrogens with zero attached hydrogens (tertiary/aromatic N) is 1. The lowest BCUT2D eigenvalue weighted by atomic mass is 10.1. The third-order valence-corrected chi connectivity index (χ3v) is 3.56. The Bertz CT molecular complexity index is 352. The Morgan fingerprint density at radius 2 is 2.12 bits per heavy atom. The second kappa shape index (κ2) is 7.00. The molecule has 1 aromatic rings. The molecule has 2 nitrogen and oxygen atoms in total. The van der Waals surface area contributed by atoms with E-state index in [-0.39, 0.29) is 0 Å². The van der Waals surface area contributed by atoms with Crippen LogP contribution in [0.2, 0.25) is 5.02 Å². The zero-order valence-corrected chi connectivity index (χ0v) is 12.0. The predicted molar refractivity (Wildman–Crippen MR) is 75.7 cm³/mol. The third-order valence-electron chi connectivity index (χ3n) is 3.15. The van der Waals surface area contributed by atoms with E-state index in [1.165, 1.54) is 11.1 Å². The van der Waals surface area contributed by atoms with Crippen molar-refractivity contribution in [2.45, 2.75) is 33.4 Å². The first-order chi connectivity index (χ1) is 8.04. The minimum Gasteiger partial charge on any atom is -0.309 e. The largest absolute Gasteiger partial charge is 0.309 e. The van der Waals surface area contributed by atoms with Crippen LogP contribution in [-0.4, -0.2) is 31.1 Å². The minimum absolute atomic E-state index is 0.485. The molecule has 0 bridgehead atoms. The lowest BCUT2D eigenvalue weighted by Gasteiger charge is -2.21. The standard InChI is InChI=1S/C14H23ClN2/c1-5-17(4)10-11(2)16-9-13-7-6-8-14(15)12(13)3/h6-8,11,16H,5,9-10H2,1-4H3. The van der Waals surface area contributed by atoms with Crippen molar-refractivity contribution in [1.82, 2.24) is 10.2 Å². The fourth-order valence-corrected chi connectivity index (χ4v) is 1.98. The molecule has 0 aliphatic carbocycles. The molecule has 0 radical (unpaired) electrons. The first-order valence-corrected chi connectivity index (χ1v) is 6.58. The highest BCUT2D eigenvalue weighted by atomic mass is 35.5. The smallest absolute Gasteiger partial charge is 0.0438 e. The normalized spacial score (nSPS) is 13.1. The zero-order valence-electron chi connectivity index (χ0n) is 11.3. The van der Waals surface area contributed by atoms with Gasteiger partial charge in [-0.15, -0.1) is 0 Å². The Morgan fingerprint density at radius 3 is 2.76 bits per heavy atom. The molecule has 96 valence electrons. The van der Waals surface area contributed by atoms with E-state index in [2.05, 4.69) is 44.1 Å². The van der Waals surface area contributed by atoms with Crippen LogP contribution in [0.3, 0.4) is 0 Å². The van der Waals surface area contributed by atoms with Crippen LogP contribution >= 0.6 is 11.6 Å². The van der Waals surface area contributed by atoms with Crippen molar-refractivity contribution < 1.29 is 0 Å². The summed E-state index contributed by atoms with van der Waals surface area (Å²) >= 11 is 6.10. The minimum atomic E-state index is 0.485. The van der Waals surface area contributed by atoms with Gasteiger partial charge in [0, 0.05) is 24.2 Å². The zero-order chi connectivity index (χ0) is 12.8. The van der Waals surface area contributed by atoms with Gasteiger partial charge in [0.1, 0.15) is 0 Å². The highest BCUT2D eigenvalue weighted by molar-refractivity contribution is 6.31. The third kappa shape index (κ3) is 4.66. The van der Waals surface area contributed by atoms with Crippen LogP contribution < -0.4 is 5.32 Å². The van der Waals surface area contributed by atoms with Crippen LogP contribution in [0.1, 0.15) is 25.0 Å². The van der Waals surface area contributed by atoms with E-state index < -0.39 is 0 Å². The molecule has 0 fully saturated rings. The summed E-state index contributed by atoms with van der Waals surface area (Å²) in [5, 5.41) is 4.38. The molecule has 1 N–H and O–H groups in total. The van der Waals surface area contributed by atoms with Crippen LogP contribution in [0.25, 0.3) is 0 Å². The fraction of sp³-hybridized carbons (Fsp3) is 0.571. The van der Waals surface area contributed by atoms with Crippen molar-refractivity contribution in [3.63, 3.8) is 0 Å². The summed E-state index contributed by atoms with van der Waals surface area (Å²) in [6.45, 7) is 9.49. The van der Waals surface area contributed by atoms with E-state index in [4.69, 9.17) is 11.6 Å². The van der Waals surface area contributed by atoms with Crippen LogP contribution in [-0.2, 0) is 6.54 Å². The lowest BCUT2D eigenvalue weighted by molar-refractivity contribution is 0.309. The van der Waals surface area contributed by atoms with Gasteiger partial charge in [0.2, 0.25) is 0 Å². The van der Waals surface area contributed by atoms with Crippen LogP contribution in [0.15, 0.2) is 18.2 Å². The number of halogens is 1. The van der Waals surface area contributed by atoms with E-state index in [1.54, 1.807) is 0 Å². The molecule has 0 aliphatic rings. The van der Waals surface area contributed by atoms with Gasteiger partial charge in [-0.1, -0.05) is 30.7 Å². The van der Waals surface area contributed by atoms with Crippen molar-refractivity contribution >= 4 is 11.6 Å². The number of nitrogens with one attached hydrogen (secondary N) is 1. The molecule has 1 aromatic carbocycles. The molecular formula is C14H23ClN2. The topological polar surface area (TPSA) is 15.3 Å². The molecule has 0 spiro atoms.